The van der Waals surface area contributed by atoms with Gasteiger partial charge in [-0.15, -0.1) is 0 Å². The maximum atomic E-state index is 12.1. The van der Waals surface area contributed by atoms with Crippen LogP contribution in [0.5, 0.6) is 11.5 Å². The van der Waals surface area contributed by atoms with E-state index in [4.69, 9.17) is 14.2 Å². The summed E-state index contributed by atoms with van der Waals surface area (Å²) >= 11 is 0. The van der Waals surface area contributed by atoms with Crippen molar-refractivity contribution in [3.05, 3.63) is 59.7 Å². The summed E-state index contributed by atoms with van der Waals surface area (Å²) in [7, 11) is 2.97. The van der Waals surface area contributed by atoms with Crippen LogP contribution in [0.3, 0.4) is 0 Å². The maximum absolute atomic E-state index is 12.1. The molecule has 0 radical (unpaired) electrons. The van der Waals surface area contributed by atoms with E-state index in [0.717, 1.165) is 5.56 Å². The lowest BCUT2D eigenvalue weighted by atomic mass is 10.1. The van der Waals surface area contributed by atoms with Crippen molar-refractivity contribution in [1.82, 2.24) is 5.32 Å². The zero-order valence-corrected chi connectivity index (χ0v) is 14.3. The predicted octanol–water partition coefficient (Wildman–Crippen LogP) is 2.22. The van der Waals surface area contributed by atoms with E-state index in [1.54, 1.807) is 12.1 Å². The van der Waals surface area contributed by atoms with Crippen molar-refractivity contribution >= 4 is 11.9 Å². The number of amides is 1. The summed E-state index contributed by atoms with van der Waals surface area (Å²) in [6, 6.07) is 14.5. The molecule has 0 aliphatic rings. The van der Waals surface area contributed by atoms with E-state index in [9.17, 15) is 9.59 Å². The molecule has 132 valence electrons. The molecule has 0 unspecified atom stereocenters. The average Bonchev–Trinajstić information content (AvgIpc) is 2.66. The first kappa shape index (κ1) is 18.3. The minimum atomic E-state index is -0.627. The second-order valence-electron chi connectivity index (χ2n) is 5.23. The Morgan fingerprint density at radius 3 is 2.44 bits per heavy atom. The Balaban J connectivity index is 1.80. The van der Waals surface area contributed by atoms with Gasteiger partial charge < -0.3 is 19.5 Å². The lowest BCUT2D eigenvalue weighted by Gasteiger charge is -2.10. The molecule has 0 saturated carbocycles. The van der Waals surface area contributed by atoms with Gasteiger partial charge in [-0.2, -0.15) is 0 Å². The lowest BCUT2D eigenvalue weighted by molar-refractivity contribution is -0.124. The van der Waals surface area contributed by atoms with Gasteiger partial charge in [0.05, 0.1) is 14.2 Å². The van der Waals surface area contributed by atoms with Crippen molar-refractivity contribution in [1.29, 1.82) is 0 Å². The van der Waals surface area contributed by atoms with Crippen molar-refractivity contribution < 1.29 is 23.8 Å². The van der Waals surface area contributed by atoms with Crippen molar-refractivity contribution in [3.8, 4) is 11.5 Å². The Bertz CT molecular complexity index is 715. The van der Waals surface area contributed by atoms with E-state index in [2.05, 4.69) is 5.32 Å². The maximum Gasteiger partial charge on any atom is 0.342 e. The van der Waals surface area contributed by atoms with Gasteiger partial charge in [-0.3, -0.25) is 4.79 Å². The third-order valence-electron chi connectivity index (χ3n) is 3.54. The van der Waals surface area contributed by atoms with E-state index in [0.29, 0.717) is 24.5 Å². The number of carbonyl (C=O) groups excluding carboxylic acids is 2. The van der Waals surface area contributed by atoms with Crippen molar-refractivity contribution in [3.63, 3.8) is 0 Å². The number of hydrogen-bond donors (Lipinski definition) is 1. The molecule has 1 amide bonds. The Labute approximate surface area is 146 Å². The van der Waals surface area contributed by atoms with Crippen LogP contribution in [-0.2, 0) is 16.0 Å². The zero-order valence-electron chi connectivity index (χ0n) is 14.3. The highest BCUT2D eigenvalue weighted by atomic mass is 16.5. The normalized spacial score (nSPS) is 10.0. The minimum Gasteiger partial charge on any atom is -0.497 e. The van der Waals surface area contributed by atoms with Crippen LogP contribution in [0, 0.1) is 0 Å². The van der Waals surface area contributed by atoms with E-state index in [-0.39, 0.29) is 18.1 Å². The first-order chi connectivity index (χ1) is 12.1. The summed E-state index contributed by atoms with van der Waals surface area (Å²) < 4.78 is 15.3. The van der Waals surface area contributed by atoms with Crippen LogP contribution in [0.25, 0.3) is 0 Å². The van der Waals surface area contributed by atoms with Gasteiger partial charge in [0.25, 0.3) is 5.91 Å². The predicted molar refractivity (Wildman–Crippen MR) is 93.0 cm³/mol. The molecule has 0 aromatic heterocycles. The van der Waals surface area contributed by atoms with E-state index in [1.165, 1.54) is 20.3 Å². The molecule has 0 aliphatic heterocycles. The first-order valence-electron chi connectivity index (χ1n) is 7.84. The van der Waals surface area contributed by atoms with Crippen molar-refractivity contribution in [2.45, 2.75) is 6.42 Å². The largest absolute Gasteiger partial charge is 0.497 e. The van der Waals surface area contributed by atoms with Gasteiger partial charge in [0.2, 0.25) is 0 Å². The van der Waals surface area contributed by atoms with Crippen molar-refractivity contribution in [2.24, 2.45) is 0 Å². The average molecular weight is 343 g/mol. The number of ether oxygens (including phenoxy) is 3. The molecule has 0 fully saturated rings. The number of methoxy groups -OCH3 is 2. The summed E-state index contributed by atoms with van der Waals surface area (Å²) in [6.07, 6.45) is 0.715. The number of nitrogens with one attached hydrogen (secondary N) is 1. The van der Waals surface area contributed by atoms with Crippen LogP contribution in [0.2, 0.25) is 0 Å². The molecule has 2 rings (SSSR count). The molecule has 0 bridgehead atoms. The van der Waals surface area contributed by atoms with Crippen LogP contribution in [0.15, 0.2) is 48.5 Å². The summed E-state index contributed by atoms with van der Waals surface area (Å²) in [6.45, 7) is 0.134. The second-order valence-corrected chi connectivity index (χ2v) is 5.23. The molecule has 25 heavy (non-hydrogen) atoms. The highest BCUT2D eigenvalue weighted by molar-refractivity contribution is 5.94. The smallest absolute Gasteiger partial charge is 0.342 e. The molecule has 6 nitrogen and oxygen atoms in total. The molecular formula is C19H21NO5. The van der Waals surface area contributed by atoms with Gasteiger partial charge >= 0.3 is 5.97 Å². The van der Waals surface area contributed by atoms with E-state index < -0.39 is 5.97 Å². The number of benzene rings is 2. The number of hydrogen-bond acceptors (Lipinski definition) is 5. The zero-order chi connectivity index (χ0) is 18.1. The fourth-order valence-electron chi connectivity index (χ4n) is 2.22. The van der Waals surface area contributed by atoms with E-state index in [1.807, 2.05) is 30.3 Å². The van der Waals surface area contributed by atoms with Crippen LogP contribution >= 0.6 is 0 Å². The Morgan fingerprint density at radius 1 is 1.00 bits per heavy atom. The van der Waals surface area contributed by atoms with Gasteiger partial charge in [0, 0.05) is 12.6 Å². The molecule has 0 aliphatic carbocycles. The monoisotopic (exact) mass is 343 g/mol. The van der Waals surface area contributed by atoms with Crippen LogP contribution < -0.4 is 14.8 Å². The summed E-state index contributed by atoms with van der Waals surface area (Å²) in [4.78, 5) is 23.9. The third-order valence-corrected chi connectivity index (χ3v) is 3.54. The topological polar surface area (TPSA) is 73.9 Å². The summed E-state index contributed by atoms with van der Waals surface area (Å²) in [5, 5.41) is 2.72. The SMILES string of the molecule is COc1ccc(C(=O)OCC(=O)NCCc2ccccc2)c(OC)c1. The Kier molecular flexibility index (Phi) is 6.83. The molecule has 2 aromatic rings. The van der Waals surface area contributed by atoms with Gasteiger partial charge in [-0.05, 0) is 24.1 Å². The Hall–Kier alpha value is -3.02. The Morgan fingerprint density at radius 2 is 1.76 bits per heavy atom. The molecule has 6 heteroatoms. The molecule has 1 N–H and O–H groups in total. The number of rotatable bonds is 8. The molecule has 0 saturated heterocycles. The minimum absolute atomic E-state index is 0.236. The second kappa shape index (κ2) is 9.32. The fraction of sp³-hybridized carbons (Fsp3) is 0.263. The molecular weight excluding hydrogens is 322 g/mol. The summed E-state index contributed by atoms with van der Waals surface area (Å²) in [5.41, 5.74) is 1.36. The van der Waals surface area contributed by atoms with Gasteiger partial charge in [0.15, 0.2) is 6.61 Å². The van der Waals surface area contributed by atoms with E-state index >= 15 is 0 Å². The lowest BCUT2D eigenvalue weighted by Crippen LogP contribution is -2.30. The molecule has 0 heterocycles. The van der Waals surface area contributed by atoms with Crippen LogP contribution in [0.1, 0.15) is 15.9 Å². The molecule has 0 spiro atoms. The van der Waals surface area contributed by atoms with Gasteiger partial charge in [-0.25, -0.2) is 4.79 Å². The highest BCUT2D eigenvalue weighted by Crippen LogP contribution is 2.25. The summed E-state index contributed by atoms with van der Waals surface area (Å²) in [5.74, 6) is -0.0876. The molecule has 0 atom stereocenters. The highest BCUT2D eigenvalue weighted by Gasteiger charge is 2.16. The van der Waals surface area contributed by atoms with Crippen LogP contribution in [-0.4, -0.2) is 39.2 Å². The third kappa shape index (κ3) is 5.53. The number of esters is 1. The quantitative estimate of drug-likeness (QED) is 0.744. The number of carbonyl (C=O) groups is 2. The first-order valence-corrected chi connectivity index (χ1v) is 7.84. The van der Waals surface area contributed by atoms with Gasteiger partial charge in [0.1, 0.15) is 17.1 Å². The standard InChI is InChI=1S/C19H21NO5/c1-23-15-8-9-16(17(12-15)24-2)19(22)25-13-18(21)20-11-10-14-6-4-3-5-7-14/h3-9,12H,10-11,13H2,1-2H3,(H,20,21). The van der Waals surface area contributed by atoms with Crippen LogP contribution in [0.4, 0.5) is 0 Å². The fourth-order valence-corrected chi connectivity index (χ4v) is 2.22. The van der Waals surface area contributed by atoms with Crippen molar-refractivity contribution in [2.75, 3.05) is 27.4 Å². The molecule has 2 aromatic carbocycles. The van der Waals surface area contributed by atoms with Gasteiger partial charge in [-0.1, -0.05) is 30.3 Å².